The van der Waals surface area contributed by atoms with Crippen molar-refractivity contribution < 1.29 is 32.9 Å². The van der Waals surface area contributed by atoms with Crippen LogP contribution in [0.3, 0.4) is 0 Å². The molecule has 0 saturated heterocycles. The molecule has 0 spiro atoms. The van der Waals surface area contributed by atoms with Crippen LogP contribution in [0.4, 0.5) is 0 Å². The molecule has 0 aliphatic heterocycles. The van der Waals surface area contributed by atoms with Crippen LogP contribution in [0.1, 0.15) is 181 Å². The van der Waals surface area contributed by atoms with Crippen LogP contribution in [-0.4, -0.2) is 73.4 Å². The zero-order valence-electron chi connectivity index (χ0n) is 39.2. The summed E-state index contributed by atoms with van der Waals surface area (Å²) >= 11 is 0. The first-order valence-corrected chi connectivity index (χ1v) is 25.5. The Morgan fingerprint density at radius 2 is 1.00 bits per heavy atom. The molecule has 0 rings (SSSR count). The maximum Gasteiger partial charge on any atom is 0.472 e. The Balaban J connectivity index is 3.91. The van der Waals surface area contributed by atoms with Gasteiger partial charge in [0.2, 0.25) is 5.91 Å². The van der Waals surface area contributed by atoms with Crippen molar-refractivity contribution in [2.45, 2.75) is 193 Å². The fraction of sp³-hybridized carbons (Fsp3) is 0.706. The van der Waals surface area contributed by atoms with Crippen LogP contribution in [-0.2, 0) is 18.4 Å². The van der Waals surface area contributed by atoms with Gasteiger partial charge in [0.25, 0.3) is 0 Å². The lowest BCUT2D eigenvalue weighted by Crippen LogP contribution is -2.45. The first-order valence-electron chi connectivity index (χ1n) is 24.0. The molecule has 3 unspecified atom stereocenters. The Bertz CT molecular complexity index is 1250. The molecule has 0 aromatic heterocycles. The highest BCUT2D eigenvalue weighted by Crippen LogP contribution is 2.43. The van der Waals surface area contributed by atoms with Crippen molar-refractivity contribution >= 4 is 13.7 Å². The average molecular weight is 860 g/mol. The number of aliphatic hydroxyl groups is 1. The number of hydrogen-bond acceptors (Lipinski definition) is 5. The van der Waals surface area contributed by atoms with Gasteiger partial charge in [-0.3, -0.25) is 13.8 Å². The van der Waals surface area contributed by atoms with Gasteiger partial charge in [0.15, 0.2) is 0 Å². The number of nitrogens with zero attached hydrogens (tertiary/aromatic N) is 1. The molecule has 3 N–H and O–H groups in total. The zero-order valence-corrected chi connectivity index (χ0v) is 40.1. The van der Waals surface area contributed by atoms with Crippen LogP contribution in [0.2, 0.25) is 0 Å². The van der Waals surface area contributed by atoms with Crippen molar-refractivity contribution in [2.24, 2.45) is 0 Å². The molecule has 0 radical (unpaired) electrons. The topological polar surface area (TPSA) is 105 Å². The predicted octanol–water partition coefficient (Wildman–Crippen LogP) is 13.7. The fourth-order valence-electron chi connectivity index (χ4n) is 6.34. The number of allylic oxidation sites excluding steroid dienone is 13. The van der Waals surface area contributed by atoms with E-state index in [-0.39, 0.29) is 19.1 Å². The van der Waals surface area contributed by atoms with E-state index >= 15 is 0 Å². The first-order chi connectivity index (χ1) is 29.0. The maximum atomic E-state index is 12.8. The summed E-state index contributed by atoms with van der Waals surface area (Å²) in [5.74, 6) is -0.189. The van der Waals surface area contributed by atoms with Crippen molar-refractivity contribution in [3.05, 3.63) is 85.1 Å². The molecule has 0 bridgehead atoms. The number of nitrogens with one attached hydrogen (secondary N) is 1. The van der Waals surface area contributed by atoms with Gasteiger partial charge < -0.3 is 19.8 Å². The van der Waals surface area contributed by atoms with Crippen molar-refractivity contribution in [3.63, 3.8) is 0 Å². The third-order valence-corrected chi connectivity index (χ3v) is 11.1. The molecule has 0 fully saturated rings. The van der Waals surface area contributed by atoms with Crippen molar-refractivity contribution in [3.8, 4) is 0 Å². The van der Waals surface area contributed by atoms with Crippen molar-refractivity contribution in [2.75, 3.05) is 40.9 Å². The minimum Gasteiger partial charge on any atom is -0.387 e. The fourth-order valence-corrected chi connectivity index (χ4v) is 7.07. The van der Waals surface area contributed by atoms with E-state index in [1.165, 1.54) is 77.0 Å². The Hall–Kier alpha value is -2.32. The van der Waals surface area contributed by atoms with E-state index in [9.17, 15) is 19.4 Å². The van der Waals surface area contributed by atoms with Crippen LogP contribution < -0.4 is 5.32 Å². The first kappa shape index (κ1) is 57.7. The van der Waals surface area contributed by atoms with E-state index in [2.05, 4.69) is 92.1 Å². The van der Waals surface area contributed by atoms with E-state index in [1.807, 2.05) is 27.2 Å². The second kappa shape index (κ2) is 42.0. The second-order valence-corrected chi connectivity index (χ2v) is 18.6. The highest BCUT2D eigenvalue weighted by Gasteiger charge is 2.27. The van der Waals surface area contributed by atoms with E-state index in [1.54, 1.807) is 6.08 Å². The highest BCUT2D eigenvalue weighted by molar-refractivity contribution is 7.47. The molecule has 8 nitrogen and oxygen atoms in total. The quantitative estimate of drug-likeness (QED) is 0.0244. The molecule has 346 valence electrons. The Morgan fingerprint density at radius 3 is 1.47 bits per heavy atom. The molecule has 0 aromatic carbocycles. The number of hydrogen-bond donors (Lipinski definition) is 3. The minimum atomic E-state index is -4.33. The zero-order chi connectivity index (χ0) is 44.3. The summed E-state index contributed by atoms with van der Waals surface area (Å²) in [6.45, 7) is 4.57. The number of rotatable bonds is 42. The lowest BCUT2D eigenvalue weighted by atomic mass is 10.0. The number of unbranched alkanes of at least 4 members (excludes halogenated alkanes) is 17. The smallest absolute Gasteiger partial charge is 0.387 e. The van der Waals surface area contributed by atoms with E-state index in [0.717, 1.165) is 83.5 Å². The maximum absolute atomic E-state index is 12.8. The molecular formula is C51H92N2O6P+. The highest BCUT2D eigenvalue weighted by atomic mass is 31.2. The molecule has 60 heavy (non-hydrogen) atoms. The third kappa shape index (κ3) is 43.8. The van der Waals surface area contributed by atoms with Gasteiger partial charge in [-0.05, 0) is 70.6 Å². The summed E-state index contributed by atoms with van der Waals surface area (Å²) < 4.78 is 23.4. The van der Waals surface area contributed by atoms with Gasteiger partial charge in [0.05, 0.1) is 39.9 Å². The molecule has 0 aliphatic carbocycles. The minimum absolute atomic E-state index is 0.0575. The largest absolute Gasteiger partial charge is 0.472 e. The Kier molecular flexibility index (Phi) is 40.4. The predicted molar refractivity (Wildman–Crippen MR) is 258 cm³/mol. The molecular weight excluding hydrogens is 768 g/mol. The van der Waals surface area contributed by atoms with E-state index in [4.69, 9.17) is 9.05 Å². The molecule has 9 heteroatoms. The number of aliphatic hydroxyl groups excluding tert-OH is 1. The summed E-state index contributed by atoms with van der Waals surface area (Å²) in [4.78, 5) is 22.9. The molecule has 1 amide bonds. The number of phosphoric ester groups is 1. The van der Waals surface area contributed by atoms with Gasteiger partial charge in [-0.25, -0.2) is 4.57 Å². The van der Waals surface area contributed by atoms with E-state index in [0.29, 0.717) is 17.4 Å². The van der Waals surface area contributed by atoms with Gasteiger partial charge in [0.1, 0.15) is 13.2 Å². The van der Waals surface area contributed by atoms with Crippen molar-refractivity contribution in [1.29, 1.82) is 0 Å². The number of phosphoric acid groups is 1. The standard InChI is InChI=1S/C51H91N2O6P/c1-6-8-10-12-13-14-15-16-17-18-19-20-21-22-23-24-25-26-27-28-29-30-31-32-33-34-35-36-37-38-39-41-43-45-51(55)52-49(50(54)44-42-40-11-9-7-2)48-59-60(56,57)58-47-46-53(3,4)5/h8,10,13-14,16-17,19-20,22-23,25-26,42,44,49-50,54H,6-7,9,11-12,15,18,21,24,27-41,43,45-48H2,1-5H3,(H-,52,55,56,57)/p+1/b10-8-,14-13-,17-16-,20-19-,23-22-,26-25-,44-42+. The van der Waals surface area contributed by atoms with Crippen molar-refractivity contribution in [1.82, 2.24) is 5.32 Å². The molecule has 0 aliphatic rings. The van der Waals surface area contributed by atoms with Crippen LogP contribution in [0.15, 0.2) is 85.1 Å². The van der Waals surface area contributed by atoms with Gasteiger partial charge in [-0.15, -0.1) is 0 Å². The normalized spacial score (nSPS) is 15.0. The molecule has 0 heterocycles. The Labute approximate surface area is 369 Å². The van der Waals surface area contributed by atoms with Crippen LogP contribution >= 0.6 is 7.82 Å². The summed E-state index contributed by atoms with van der Waals surface area (Å²) in [7, 11) is 1.56. The Morgan fingerprint density at radius 1 is 0.583 bits per heavy atom. The van der Waals surface area contributed by atoms with Gasteiger partial charge in [-0.1, -0.05) is 189 Å². The summed E-state index contributed by atoms with van der Waals surface area (Å²) in [6.07, 6.45) is 58.6. The lowest BCUT2D eigenvalue weighted by molar-refractivity contribution is -0.870. The lowest BCUT2D eigenvalue weighted by Gasteiger charge is -2.25. The number of likely N-dealkylation sites (N-methyl/N-ethyl adjacent to an activating group) is 1. The van der Waals surface area contributed by atoms with Gasteiger partial charge in [0, 0.05) is 6.42 Å². The number of quaternary nitrogens is 1. The van der Waals surface area contributed by atoms with Gasteiger partial charge >= 0.3 is 7.82 Å². The number of amides is 1. The monoisotopic (exact) mass is 860 g/mol. The summed E-state index contributed by atoms with van der Waals surface area (Å²) in [6, 6.07) is -0.846. The van der Waals surface area contributed by atoms with E-state index < -0.39 is 20.0 Å². The molecule has 3 atom stereocenters. The van der Waals surface area contributed by atoms with Crippen LogP contribution in [0.25, 0.3) is 0 Å². The third-order valence-electron chi connectivity index (χ3n) is 10.1. The van der Waals surface area contributed by atoms with Crippen LogP contribution in [0, 0.1) is 0 Å². The van der Waals surface area contributed by atoms with Crippen LogP contribution in [0.5, 0.6) is 0 Å². The number of carbonyl (C=O) groups excluding carboxylic acids is 1. The average Bonchev–Trinajstić information content (AvgIpc) is 3.20. The number of carbonyl (C=O) groups is 1. The SMILES string of the molecule is CC/C=C\C/C=C\C/C=C\C/C=C\C/C=C\C/C=C\CCCCCCCCCCCCCCCCC(=O)NC(COP(=O)(O)OCC[N+](C)(C)C)C(O)/C=C/CCCCC. The molecule has 0 saturated carbocycles. The summed E-state index contributed by atoms with van der Waals surface area (Å²) in [5, 5.41) is 13.6. The molecule has 0 aromatic rings. The summed E-state index contributed by atoms with van der Waals surface area (Å²) in [5.41, 5.74) is 0. The van der Waals surface area contributed by atoms with Gasteiger partial charge in [-0.2, -0.15) is 0 Å². The second-order valence-electron chi connectivity index (χ2n) is 17.1.